The van der Waals surface area contributed by atoms with Gasteiger partial charge in [-0.1, -0.05) is 0 Å². The van der Waals surface area contributed by atoms with Crippen LogP contribution >= 0.6 is 0 Å². The fourth-order valence-corrected chi connectivity index (χ4v) is 5.14. The van der Waals surface area contributed by atoms with Crippen molar-refractivity contribution in [2.24, 2.45) is 0 Å². The van der Waals surface area contributed by atoms with E-state index >= 15 is 0 Å². The van der Waals surface area contributed by atoms with Crippen molar-refractivity contribution in [2.75, 3.05) is 24.7 Å². The molecule has 2 atom stereocenters. The maximum atomic E-state index is 14.7. The van der Waals surface area contributed by atoms with Crippen molar-refractivity contribution in [3.63, 3.8) is 0 Å². The fraction of sp³-hybridized carbons (Fsp3) is 0.400. The fourth-order valence-electron chi connectivity index (χ4n) is 4.43. The molecule has 0 spiro atoms. The monoisotopic (exact) mass is 500 g/mol. The molecule has 1 aromatic carbocycles. The van der Waals surface area contributed by atoms with Gasteiger partial charge < -0.3 is 14.4 Å². The zero-order chi connectivity index (χ0) is 25.0. The van der Waals surface area contributed by atoms with Crippen LogP contribution in [0.2, 0.25) is 0 Å². The standard InChI is InChI=1S/C25H29FN4O4S/c1-25(2,3)35(4,32)28-24(31)18-15-27-30-9-7-17(14-21(18)30)29-8-5-6-20(29)16-12-19(26)23-22(13-16)33-10-11-34-23/h7,9,12-15,20H,4-6,8,10-11H2,1-3H3,(H,28,31,32). The lowest BCUT2D eigenvalue weighted by Crippen LogP contribution is -2.42. The van der Waals surface area contributed by atoms with Crippen molar-refractivity contribution in [1.29, 1.82) is 0 Å². The van der Waals surface area contributed by atoms with Gasteiger partial charge in [-0.25, -0.2) is 13.1 Å². The highest BCUT2D eigenvalue weighted by Gasteiger charge is 2.30. The van der Waals surface area contributed by atoms with Gasteiger partial charge in [0.15, 0.2) is 17.3 Å². The van der Waals surface area contributed by atoms with Crippen LogP contribution in [-0.4, -0.2) is 50.1 Å². The van der Waals surface area contributed by atoms with Crippen LogP contribution in [0.5, 0.6) is 11.5 Å². The van der Waals surface area contributed by atoms with Gasteiger partial charge in [-0.05, 0) is 69.3 Å². The van der Waals surface area contributed by atoms with Crippen LogP contribution < -0.4 is 19.1 Å². The average Bonchev–Trinajstić information content (AvgIpc) is 3.45. The summed E-state index contributed by atoms with van der Waals surface area (Å²) in [7, 11) is -2.88. The number of hydrogen-bond donors (Lipinski definition) is 1. The predicted octanol–water partition coefficient (Wildman–Crippen LogP) is 3.75. The van der Waals surface area contributed by atoms with E-state index in [0.717, 1.165) is 30.6 Å². The van der Waals surface area contributed by atoms with Crippen LogP contribution in [0.4, 0.5) is 10.1 Å². The highest BCUT2D eigenvalue weighted by atomic mass is 32.2. The highest BCUT2D eigenvalue weighted by molar-refractivity contribution is 8.00. The molecule has 0 saturated carbocycles. The van der Waals surface area contributed by atoms with Gasteiger partial charge in [-0.15, -0.1) is 0 Å². The Morgan fingerprint density at radius 1 is 1.26 bits per heavy atom. The number of carbonyl (C=O) groups is 1. The highest BCUT2D eigenvalue weighted by Crippen LogP contribution is 2.42. The minimum absolute atomic E-state index is 0.0533. The first kappa shape index (κ1) is 23.5. The Bertz CT molecular complexity index is 1410. The largest absolute Gasteiger partial charge is 0.486 e. The predicted molar refractivity (Wildman–Crippen MR) is 134 cm³/mol. The molecular weight excluding hydrogens is 471 g/mol. The Hall–Kier alpha value is -3.27. The number of halogens is 1. The molecule has 1 fully saturated rings. The number of benzene rings is 1. The molecule has 1 N–H and O–H groups in total. The number of fused-ring (bicyclic) bond motifs is 2. The molecule has 10 heteroatoms. The molecule has 5 rings (SSSR count). The van der Waals surface area contributed by atoms with E-state index in [9.17, 15) is 13.4 Å². The second-order valence-corrected chi connectivity index (χ2v) is 12.6. The molecule has 8 nitrogen and oxygen atoms in total. The summed E-state index contributed by atoms with van der Waals surface area (Å²) in [4.78, 5) is 15.2. The Balaban J connectivity index is 1.47. The van der Waals surface area contributed by atoms with Gasteiger partial charge in [-0.3, -0.25) is 9.52 Å². The molecule has 2 aliphatic heterocycles. The molecule has 2 aromatic heterocycles. The number of ether oxygens (including phenoxy) is 2. The summed E-state index contributed by atoms with van der Waals surface area (Å²) in [6.07, 6.45) is 5.04. The topological polar surface area (TPSA) is 85.2 Å². The van der Waals surface area contributed by atoms with E-state index in [4.69, 9.17) is 9.47 Å². The third-order valence-electron chi connectivity index (χ3n) is 6.58. The number of aromatic nitrogens is 2. The summed E-state index contributed by atoms with van der Waals surface area (Å²) in [6.45, 7) is 6.81. The van der Waals surface area contributed by atoms with Gasteiger partial charge in [0.05, 0.1) is 33.0 Å². The minimum Gasteiger partial charge on any atom is -0.486 e. The molecule has 186 valence electrons. The van der Waals surface area contributed by atoms with Crippen molar-refractivity contribution < 1.29 is 22.9 Å². The second kappa shape index (κ2) is 8.44. The SMILES string of the molecule is C=S(=O)(NC(=O)c1cnn2ccc(N3CCCC3c3cc(F)c4c(c3)OCCO4)cc12)C(C)(C)C. The summed E-state index contributed by atoms with van der Waals surface area (Å²) in [5, 5.41) is 4.28. The smallest absolute Gasteiger partial charge is 0.266 e. The number of nitrogens with zero attached hydrogens (tertiary/aromatic N) is 3. The van der Waals surface area contributed by atoms with E-state index in [1.807, 2.05) is 18.2 Å². The van der Waals surface area contributed by atoms with Crippen LogP contribution in [0.1, 0.15) is 55.6 Å². The van der Waals surface area contributed by atoms with Crippen LogP contribution in [0.25, 0.3) is 5.52 Å². The van der Waals surface area contributed by atoms with Crippen LogP contribution in [0.15, 0.2) is 36.7 Å². The lowest BCUT2D eigenvalue weighted by atomic mass is 10.0. The maximum absolute atomic E-state index is 14.7. The third kappa shape index (κ3) is 4.20. The van der Waals surface area contributed by atoms with Crippen molar-refractivity contribution in [1.82, 2.24) is 14.3 Å². The minimum atomic E-state index is -2.88. The lowest BCUT2D eigenvalue weighted by molar-refractivity contribution is 0.0983. The molecule has 4 heterocycles. The van der Waals surface area contributed by atoms with Gasteiger partial charge in [-0.2, -0.15) is 5.10 Å². The third-order valence-corrected chi connectivity index (χ3v) is 9.08. The van der Waals surface area contributed by atoms with Gasteiger partial charge in [0, 0.05) is 23.2 Å². The first-order valence-corrected chi connectivity index (χ1v) is 13.3. The van der Waals surface area contributed by atoms with Crippen molar-refractivity contribution in [2.45, 2.75) is 44.4 Å². The molecule has 0 aliphatic carbocycles. The number of anilines is 1. The summed E-state index contributed by atoms with van der Waals surface area (Å²) in [6, 6.07) is 7.13. The first-order valence-electron chi connectivity index (χ1n) is 11.6. The number of rotatable bonds is 4. The van der Waals surface area contributed by atoms with Crippen molar-refractivity contribution >= 4 is 32.7 Å². The van der Waals surface area contributed by atoms with Gasteiger partial charge in [0.25, 0.3) is 5.91 Å². The molecule has 35 heavy (non-hydrogen) atoms. The Labute approximate surface area is 204 Å². The molecule has 3 aromatic rings. The molecular formula is C25H29FN4O4S. The zero-order valence-corrected chi connectivity index (χ0v) is 20.9. The summed E-state index contributed by atoms with van der Waals surface area (Å²) in [5.74, 6) is 3.42. The van der Waals surface area contributed by atoms with E-state index in [1.54, 1.807) is 31.5 Å². The zero-order valence-electron chi connectivity index (χ0n) is 20.0. The van der Waals surface area contributed by atoms with E-state index in [2.05, 4.69) is 20.6 Å². The van der Waals surface area contributed by atoms with E-state index in [1.165, 1.54) is 12.3 Å². The van der Waals surface area contributed by atoms with E-state index in [0.29, 0.717) is 30.0 Å². The number of amides is 1. The average molecular weight is 501 g/mol. The molecule has 0 radical (unpaired) electrons. The van der Waals surface area contributed by atoms with E-state index < -0.39 is 26.2 Å². The van der Waals surface area contributed by atoms with Crippen LogP contribution in [0.3, 0.4) is 0 Å². The lowest BCUT2D eigenvalue weighted by Gasteiger charge is -2.29. The quantitative estimate of drug-likeness (QED) is 0.550. The van der Waals surface area contributed by atoms with Crippen LogP contribution in [0, 0.1) is 5.82 Å². The second-order valence-electron chi connectivity index (χ2n) is 9.87. The number of nitrogens with one attached hydrogen (secondary N) is 1. The van der Waals surface area contributed by atoms with Gasteiger partial charge >= 0.3 is 0 Å². The van der Waals surface area contributed by atoms with Crippen molar-refractivity contribution in [3.05, 3.63) is 53.6 Å². The number of pyridine rings is 1. The van der Waals surface area contributed by atoms with Crippen molar-refractivity contribution in [3.8, 4) is 11.5 Å². The summed E-state index contributed by atoms with van der Waals surface area (Å²) >= 11 is 0. The summed E-state index contributed by atoms with van der Waals surface area (Å²) < 4.78 is 42.2. The molecule has 0 bridgehead atoms. The first-order chi connectivity index (χ1) is 16.5. The molecule has 2 aliphatic rings. The molecule has 1 amide bonds. The van der Waals surface area contributed by atoms with Gasteiger partial charge in [0.1, 0.15) is 13.2 Å². The Kier molecular flexibility index (Phi) is 5.66. The Morgan fingerprint density at radius 3 is 2.80 bits per heavy atom. The molecule has 1 saturated heterocycles. The Morgan fingerprint density at radius 2 is 2.03 bits per heavy atom. The van der Waals surface area contributed by atoms with E-state index in [-0.39, 0.29) is 11.8 Å². The maximum Gasteiger partial charge on any atom is 0.266 e. The molecule has 2 unspecified atom stereocenters. The number of carbonyl (C=O) groups excluding carboxylic acids is 1. The van der Waals surface area contributed by atoms with Gasteiger partial charge in [0.2, 0.25) is 0 Å². The summed E-state index contributed by atoms with van der Waals surface area (Å²) in [5.41, 5.74) is 2.60. The van der Waals surface area contributed by atoms with Crippen LogP contribution in [-0.2, 0) is 9.71 Å². The number of hydrogen-bond acceptors (Lipinski definition) is 6. The normalized spacial score (nSPS) is 19.5.